The lowest BCUT2D eigenvalue weighted by molar-refractivity contribution is -0.137. The molecule has 2 rings (SSSR count). The first-order valence-corrected chi connectivity index (χ1v) is 5.97. The molecule has 6 heteroatoms. The van der Waals surface area contributed by atoms with Gasteiger partial charge in [0.15, 0.2) is 0 Å². The van der Waals surface area contributed by atoms with Gasteiger partial charge in [0.1, 0.15) is 0 Å². The lowest BCUT2D eigenvalue weighted by Crippen LogP contribution is -2.20. The van der Waals surface area contributed by atoms with E-state index in [0.717, 1.165) is 18.9 Å². The van der Waals surface area contributed by atoms with E-state index in [1.807, 2.05) is 0 Å². The monoisotopic (exact) mass is 283 g/mol. The minimum absolute atomic E-state index is 0.268. The summed E-state index contributed by atoms with van der Waals surface area (Å²) in [5, 5.41) is -0.0307. The highest BCUT2D eigenvalue weighted by Gasteiger charge is 2.35. The Balaban J connectivity index is 2.50. The fourth-order valence-electron chi connectivity index (χ4n) is 1.99. The molecule has 1 saturated heterocycles. The fraction of sp³-hybridized carbons (Fsp3) is 0.455. The molecule has 1 nitrogen and oxygen atoms in total. The largest absolute Gasteiger partial charge is 0.417 e. The summed E-state index contributed by atoms with van der Waals surface area (Å²) in [6, 6.07) is 2.17. The van der Waals surface area contributed by atoms with Crippen molar-refractivity contribution >= 4 is 28.9 Å². The average Bonchev–Trinajstić information content (AvgIpc) is 2.68. The normalized spacial score (nSPS) is 16.6. The van der Waals surface area contributed by atoms with Crippen molar-refractivity contribution in [2.24, 2.45) is 0 Å². The highest BCUT2D eigenvalue weighted by atomic mass is 35.5. The summed E-state index contributed by atoms with van der Waals surface area (Å²) >= 11 is 11.8. The quantitative estimate of drug-likeness (QED) is 0.727. The number of hydrogen-bond donors (Lipinski definition) is 0. The smallest absolute Gasteiger partial charge is 0.369 e. The van der Waals surface area contributed by atoms with E-state index in [9.17, 15) is 13.2 Å². The zero-order valence-corrected chi connectivity index (χ0v) is 10.3. The number of nitrogens with zero attached hydrogens (tertiary/aromatic N) is 1. The van der Waals surface area contributed by atoms with Crippen molar-refractivity contribution in [2.75, 3.05) is 18.0 Å². The molecule has 0 atom stereocenters. The Morgan fingerprint density at radius 1 is 1.06 bits per heavy atom. The van der Waals surface area contributed by atoms with Crippen molar-refractivity contribution < 1.29 is 13.2 Å². The van der Waals surface area contributed by atoms with Gasteiger partial charge in [-0.05, 0) is 25.0 Å². The highest BCUT2D eigenvalue weighted by Crippen LogP contribution is 2.43. The van der Waals surface area contributed by atoms with Gasteiger partial charge in [0.2, 0.25) is 0 Å². The summed E-state index contributed by atoms with van der Waals surface area (Å²) in [6.45, 7) is 1.39. The number of hydrogen-bond acceptors (Lipinski definition) is 1. The van der Waals surface area contributed by atoms with Crippen molar-refractivity contribution in [1.82, 2.24) is 0 Å². The van der Waals surface area contributed by atoms with Crippen LogP contribution in [0.1, 0.15) is 18.4 Å². The van der Waals surface area contributed by atoms with Crippen LogP contribution in [0.4, 0.5) is 18.9 Å². The van der Waals surface area contributed by atoms with Crippen molar-refractivity contribution in [3.8, 4) is 0 Å². The van der Waals surface area contributed by atoms with Crippen LogP contribution in [-0.2, 0) is 6.18 Å². The molecule has 1 aliphatic heterocycles. The second-order valence-corrected chi connectivity index (χ2v) is 4.73. The van der Waals surface area contributed by atoms with Gasteiger partial charge >= 0.3 is 6.18 Å². The minimum atomic E-state index is -4.45. The van der Waals surface area contributed by atoms with Gasteiger partial charge in [-0.25, -0.2) is 0 Å². The first-order chi connectivity index (χ1) is 7.91. The van der Waals surface area contributed by atoms with Crippen LogP contribution in [0.25, 0.3) is 0 Å². The molecule has 1 aromatic carbocycles. The number of rotatable bonds is 1. The Morgan fingerprint density at radius 2 is 1.65 bits per heavy atom. The Hall–Kier alpha value is -0.610. The van der Waals surface area contributed by atoms with E-state index in [4.69, 9.17) is 23.2 Å². The summed E-state index contributed by atoms with van der Waals surface area (Å²) in [4.78, 5) is 1.81. The van der Waals surface area contributed by atoms with Gasteiger partial charge in [-0.3, -0.25) is 0 Å². The predicted molar refractivity (Wildman–Crippen MR) is 62.9 cm³/mol. The van der Waals surface area contributed by atoms with E-state index in [-0.39, 0.29) is 10.0 Å². The molecule has 1 aliphatic rings. The third-order valence-corrected chi connectivity index (χ3v) is 3.48. The summed E-state index contributed by atoms with van der Waals surface area (Å²) in [6.07, 6.45) is -2.55. The first-order valence-electron chi connectivity index (χ1n) is 5.21. The van der Waals surface area contributed by atoms with E-state index in [1.54, 1.807) is 4.90 Å². The van der Waals surface area contributed by atoms with Gasteiger partial charge < -0.3 is 4.90 Å². The second kappa shape index (κ2) is 4.58. The van der Waals surface area contributed by atoms with Crippen LogP contribution in [0.3, 0.4) is 0 Å². The van der Waals surface area contributed by atoms with Gasteiger partial charge in [-0.2, -0.15) is 13.2 Å². The zero-order chi connectivity index (χ0) is 12.6. The molecule has 0 radical (unpaired) electrons. The molecule has 0 spiro atoms. The number of anilines is 1. The molecule has 0 aromatic heterocycles. The zero-order valence-electron chi connectivity index (χ0n) is 8.82. The third-order valence-electron chi connectivity index (χ3n) is 2.79. The molecule has 94 valence electrons. The van der Waals surface area contributed by atoms with Gasteiger partial charge in [0, 0.05) is 13.1 Å². The van der Waals surface area contributed by atoms with E-state index in [2.05, 4.69) is 0 Å². The molecule has 1 aromatic rings. The summed E-state index contributed by atoms with van der Waals surface area (Å²) < 4.78 is 38.1. The van der Waals surface area contributed by atoms with E-state index in [1.165, 1.54) is 6.07 Å². The molecular weight excluding hydrogens is 274 g/mol. The average molecular weight is 284 g/mol. The maximum absolute atomic E-state index is 12.7. The molecule has 0 unspecified atom stereocenters. The first kappa shape index (κ1) is 12.8. The van der Waals surface area contributed by atoms with Crippen molar-refractivity contribution in [3.63, 3.8) is 0 Å². The number of alkyl halides is 3. The molecule has 0 aliphatic carbocycles. The van der Waals surface area contributed by atoms with Crippen molar-refractivity contribution in [2.45, 2.75) is 19.0 Å². The molecule has 0 bridgehead atoms. The van der Waals surface area contributed by atoms with E-state index >= 15 is 0 Å². The second-order valence-electron chi connectivity index (χ2n) is 3.95. The minimum Gasteiger partial charge on any atom is -0.369 e. The molecule has 0 saturated carbocycles. The summed E-state index contributed by atoms with van der Waals surface area (Å²) in [5.74, 6) is 0. The Bertz CT molecular complexity index is 425. The van der Waals surface area contributed by atoms with Crippen LogP contribution in [0.2, 0.25) is 10.0 Å². The lowest BCUT2D eigenvalue weighted by atomic mass is 10.1. The van der Waals surface area contributed by atoms with Crippen molar-refractivity contribution in [3.05, 3.63) is 27.7 Å². The van der Waals surface area contributed by atoms with Crippen LogP contribution >= 0.6 is 23.2 Å². The van der Waals surface area contributed by atoms with E-state index in [0.29, 0.717) is 18.8 Å². The van der Waals surface area contributed by atoms with Crippen LogP contribution in [0, 0.1) is 0 Å². The molecule has 0 N–H and O–H groups in total. The van der Waals surface area contributed by atoms with E-state index < -0.39 is 11.7 Å². The predicted octanol–water partition coefficient (Wildman–Crippen LogP) is 4.61. The number of halogens is 5. The molecule has 17 heavy (non-hydrogen) atoms. The Kier molecular flexibility index (Phi) is 3.46. The molecule has 1 heterocycles. The van der Waals surface area contributed by atoms with Gasteiger partial charge in [-0.15, -0.1) is 0 Å². The van der Waals surface area contributed by atoms with Gasteiger partial charge in [0.25, 0.3) is 0 Å². The number of benzene rings is 1. The Labute approximate surface area is 107 Å². The van der Waals surface area contributed by atoms with Crippen molar-refractivity contribution in [1.29, 1.82) is 0 Å². The topological polar surface area (TPSA) is 3.24 Å². The summed E-state index contributed by atoms with van der Waals surface area (Å²) in [5.41, 5.74) is -0.522. The molecule has 0 amide bonds. The van der Waals surface area contributed by atoms with Crippen LogP contribution in [0.15, 0.2) is 12.1 Å². The van der Waals surface area contributed by atoms with Crippen LogP contribution in [-0.4, -0.2) is 13.1 Å². The Morgan fingerprint density at radius 3 is 2.18 bits per heavy atom. The SMILES string of the molecule is FC(F)(F)c1ccc(Cl)c(N2CCCC2)c1Cl. The maximum atomic E-state index is 12.7. The lowest BCUT2D eigenvalue weighted by Gasteiger charge is -2.22. The van der Waals surface area contributed by atoms with Gasteiger partial charge in [0.05, 0.1) is 21.3 Å². The third kappa shape index (κ3) is 2.47. The maximum Gasteiger partial charge on any atom is 0.417 e. The summed E-state index contributed by atoms with van der Waals surface area (Å²) in [7, 11) is 0. The molecule has 1 fully saturated rings. The molecular formula is C11H10Cl2F3N. The van der Waals surface area contributed by atoms with Crippen LogP contribution in [0.5, 0.6) is 0 Å². The van der Waals surface area contributed by atoms with Gasteiger partial charge in [-0.1, -0.05) is 23.2 Å². The highest BCUT2D eigenvalue weighted by molar-refractivity contribution is 6.39. The standard InChI is InChI=1S/C11H10Cl2F3N/c12-8-4-3-7(11(14,15)16)9(13)10(8)17-5-1-2-6-17/h3-4H,1-2,5-6H2. The van der Waals surface area contributed by atoms with Crippen LogP contribution < -0.4 is 4.90 Å². The fourth-order valence-corrected chi connectivity index (χ4v) is 2.71.